The first-order chi connectivity index (χ1) is 16.3. The van der Waals surface area contributed by atoms with Crippen molar-refractivity contribution in [3.8, 4) is 22.5 Å². The van der Waals surface area contributed by atoms with Crippen molar-refractivity contribution in [2.24, 2.45) is 0 Å². The molecule has 0 saturated heterocycles. The van der Waals surface area contributed by atoms with Crippen LogP contribution in [0.25, 0.3) is 34.7 Å². The molecule has 0 radical (unpaired) electrons. The van der Waals surface area contributed by atoms with Gasteiger partial charge in [0.15, 0.2) is 25.5 Å². The third-order valence-corrected chi connectivity index (χ3v) is 6.90. The van der Waals surface area contributed by atoms with Crippen LogP contribution in [0.4, 0.5) is 0 Å². The number of aromatic nitrogens is 2. The van der Waals surface area contributed by atoms with Crippen LogP contribution in [0.5, 0.6) is 0 Å². The molecule has 0 unspecified atom stereocenters. The van der Waals surface area contributed by atoms with Gasteiger partial charge >= 0.3 is 0 Å². The highest BCUT2D eigenvalue weighted by molar-refractivity contribution is 5.84. The SMILES string of the molecule is Cc1ccc(/C=C/C=C/c2cc[n+]3c(c2)-c2c(ccc4c2-c2cccc[n+]2CC4)CC3)cc1. The monoisotopic (exact) mass is 428 g/mol. The molecule has 0 spiro atoms. The Morgan fingerprint density at radius 1 is 0.636 bits per heavy atom. The molecule has 2 aliphatic rings. The Balaban J connectivity index is 1.38. The van der Waals surface area contributed by atoms with Crippen LogP contribution in [0.15, 0.2) is 91.3 Å². The first kappa shape index (κ1) is 19.9. The topological polar surface area (TPSA) is 7.76 Å². The molecule has 0 bridgehead atoms. The number of hydrogen-bond donors (Lipinski definition) is 0. The van der Waals surface area contributed by atoms with E-state index in [4.69, 9.17) is 0 Å². The number of hydrogen-bond acceptors (Lipinski definition) is 0. The normalized spacial score (nSPS) is 14.1. The Morgan fingerprint density at radius 3 is 2.06 bits per heavy atom. The number of benzene rings is 2. The van der Waals surface area contributed by atoms with Crippen LogP contribution in [0.1, 0.15) is 27.8 Å². The number of pyridine rings is 2. The van der Waals surface area contributed by atoms with Crippen LogP contribution in [-0.2, 0) is 25.9 Å². The fourth-order valence-electron chi connectivity index (χ4n) is 5.14. The largest absolute Gasteiger partial charge is 0.214 e. The van der Waals surface area contributed by atoms with E-state index in [0.717, 1.165) is 25.9 Å². The number of aryl methyl sites for hydroxylation is 5. The Bertz CT molecular complexity index is 1410. The Morgan fingerprint density at radius 2 is 1.30 bits per heavy atom. The maximum absolute atomic E-state index is 2.42. The molecule has 4 heterocycles. The van der Waals surface area contributed by atoms with Crippen molar-refractivity contribution < 1.29 is 9.13 Å². The van der Waals surface area contributed by atoms with Gasteiger partial charge in [-0.15, -0.1) is 0 Å². The molecule has 2 aromatic heterocycles. The van der Waals surface area contributed by atoms with E-state index < -0.39 is 0 Å². The third-order valence-electron chi connectivity index (χ3n) is 6.90. The van der Waals surface area contributed by atoms with E-state index in [-0.39, 0.29) is 0 Å². The lowest BCUT2D eigenvalue weighted by Gasteiger charge is -2.22. The highest BCUT2D eigenvalue weighted by Gasteiger charge is 2.33. The summed E-state index contributed by atoms with van der Waals surface area (Å²) in [5, 5.41) is 0. The Labute approximate surface area is 195 Å². The van der Waals surface area contributed by atoms with Gasteiger partial charge in [0.2, 0.25) is 11.4 Å². The predicted molar refractivity (Wildman–Crippen MR) is 134 cm³/mol. The molecule has 2 aliphatic heterocycles. The van der Waals surface area contributed by atoms with E-state index in [2.05, 4.69) is 119 Å². The molecule has 0 amide bonds. The standard InChI is InChI=1S/C31H28N2/c1-23-9-11-24(12-10-23)6-2-3-7-25-15-19-33-21-17-27-14-13-26-16-20-32-18-5-4-8-28(32)30(26)31(27)29(33)22-25/h2-15,18-19,22H,16-17,20-21H2,1H3/q+2/b6-2+,7-3+. The molecule has 2 nitrogen and oxygen atoms in total. The van der Waals surface area contributed by atoms with Crippen LogP contribution < -0.4 is 9.13 Å². The van der Waals surface area contributed by atoms with E-state index in [1.165, 1.54) is 50.3 Å². The molecule has 33 heavy (non-hydrogen) atoms. The summed E-state index contributed by atoms with van der Waals surface area (Å²) in [7, 11) is 0. The van der Waals surface area contributed by atoms with Gasteiger partial charge in [0.25, 0.3) is 0 Å². The Hall–Kier alpha value is -3.78. The molecule has 0 aliphatic carbocycles. The summed E-state index contributed by atoms with van der Waals surface area (Å²) in [6, 6.07) is 24.5. The van der Waals surface area contributed by atoms with Crippen LogP contribution in [0.2, 0.25) is 0 Å². The van der Waals surface area contributed by atoms with Crippen LogP contribution in [-0.4, -0.2) is 0 Å². The summed E-state index contributed by atoms with van der Waals surface area (Å²) in [6.45, 7) is 4.21. The van der Waals surface area contributed by atoms with Crippen molar-refractivity contribution in [3.05, 3.63) is 119 Å². The van der Waals surface area contributed by atoms with Crippen molar-refractivity contribution in [2.75, 3.05) is 0 Å². The minimum atomic E-state index is 1.03. The number of allylic oxidation sites excluding steroid dienone is 2. The second-order valence-corrected chi connectivity index (χ2v) is 9.08. The van der Waals surface area contributed by atoms with Gasteiger partial charge in [0, 0.05) is 37.1 Å². The van der Waals surface area contributed by atoms with Crippen molar-refractivity contribution in [3.63, 3.8) is 0 Å². The predicted octanol–water partition coefficient (Wildman–Crippen LogP) is 5.74. The van der Waals surface area contributed by atoms with Gasteiger partial charge in [-0.2, -0.15) is 9.13 Å². The highest BCUT2D eigenvalue weighted by atomic mass is 15.0. The maximum atomic E-state index is 2.42. The molecule has 6 rings (SSSR count). The molecule has 4 aromatic rings. The summed E-state index contributed by atoms with van der Waals surface area (Å²) in [6.07, 6.45) is 15.3. The second kappa shape index (κ2) is 8.29. The summed E-state index contributed by atoms with van der Waals surface area (Å²) in [4.78, 5) is 0. The summed E-state index contributed by atoms with van der Waals surface area (Å²) < 4.78 is 4.82. The molecule has 2 heteroatoms. The average Bonchev–Trinajstić information content (AvgIpc) is 2.87. The Kier molecular flexibility index (Phi) is 4.99. The lowest BCUT2D eigenvalue weighted by molar-refractivity contribution is -0.689. The van der Waals surface area contributed by atoms with Gasteiger partial charge < -0.3 is 0 Å². The minimum Gasteiger partial charge on any atom is -0.198 e. The van der Waals surface area contributed by atoms with Crippen molar-refractivity contribution in [1.29, 1.82) is 0 Å². The minimum absolute atomic E-state index is 1.03. The zero-order valence-corrected chi connectivity index (χ0v) is 19.0. The first-order valence-electron chi connectivity index (χ1n) is 11.9. The lowest BCUT2D eigenvalue weighted by atomic mass is 9.85. The molecule has 0 saturated carbocycles. The molecule has 160 valence electrons. The van der Waals surface area contributed by atoms with E-state index in [9.17, 15) is 0 Å². The molecule has 0 fully saturated rings. The van der Waals surface area contributed by atoms with E-state index >= 15 is 0 Å². The fourth-order valence-corrected chi connectivity index (χ4v) is 5.14. The summed E-state index contributed by atoms with van der Waals surface area (Å²) in [5.74, 6) is 0. The molecule has 0 atom stereocenters. The lowest BCUT2D eigenvalue weighted by Crippen LogP contribution is -2.43. The van der Waals surface area contributed by atoms with Gasteiger partial charge in [0.1, 0.15) is 0 Å². The van der Waals surface area contributed by atoms with Crippen molar-refractivity contribution in [2.45, 2.75) is 32.9 Å². The number of rotatable bonds is 3. The fraction of sp³-hybridized carbons (Fsp3) is 0.161. The van der Waals surface area contributed by atoms with Gasteiger partial charge in [-0.1, -0.05) is 66.3 Å². The maximum Gasteiger partial charge on any atom is 0.214 e. The highest BCUT2D eigenvalue weighted by Crippen LogP contribution is 2.39. The summed E-state index contributed by atoms with van der Waals surface area (Å²) >= 11 is 0. The van der Waals surface area contributed by atoms with Crippen LogP contribution >= 0.6 is 0 Å². The zero-order valence-electron chi connectivity index (χ0n) is 19.0. The van der Waals surface area contributed by atoms with Gasteiger partial charge in [-0.3, -0.25) is 0 Å². The quantitative estimate of drug-likeness (QED) is 0.290. The average molecular weight is 429 g/mol. The smallest absolute Gasteiger partial charge is 0.198 e. The van der Waals surface area contributed by atoms with Gasteiger partial charge in [0.05, 0.1) is 11.1 Å². The first-order valence-corrected chi connectivity index (χ1v) is 11.9. The molecular weight excluding hydrogens is 400 g/mol. The summed E-state index contributed by atoms with van der Waals surface area (Å²) in [5.41, 5.74) is 12.2. The number of fused-ring (bicyclic) bond motifs is 7. The van der Waals surface area contributed by atoms with Gasteiger partial charge in [-0.05, 0) is 35.2 Å². The molecule has 2 aromatic carbocycles. The molecule has 0 N–H and O–H groups in total. The van der Waals surface area contributed by atoms with E-state index in [0.29, 0.717) is 0 Å². The van der Waals surface area contributed by atoms with E-state index in [1.807, 2.05) is 0 Å². The third kappa shape index (κ3) is 3.72. The van der Waals surface area contributed by atoms with E-state index in [1.54, 1.807) is 0 Å². The van der Waals surface area contributed by atoms with Crippen molar-refractivity contribution in [1.82, 2.24) is 0 Å². The van der Waals surface area contributed by atoms with Gasteiger partial charge in [-0.25, -0.2) is 0 Å². The zero-order chi connectivity index (χ0) is 22.2. The second-order valence-electron chi connectivity index (χ2n) is 9.08. The van der Waals surface area contributed by atoms with Crippen LogP contribution in [0, 0.1) is 6.92 Å². The number of nitrogens with zero attached hydrogens (tertiary/aromatic N) is 2. The molecular formula is C31H28N2+2. The van der Waals surface area contributed by atoms with Crippen LogP contribution in [0.3, 0.4) is 0 Å². The van der Waals surface area contributed by atoms with Crippen molar-refractivity contribution >= 4 is 12.2 Å².